The third-order valence-electron chi connectivity index (χ3n) is 18.1. The number of hydrogen-bond acceptors (Lipinski definition) is 18. The lowest BCUT2D eigenvalue weighted by Gasteiger charge is -2.39. The molecular weight excluding hydrogens is 1370 g/mol. The Morgan fingerprint density at radius 1 is 0.604 bits per heavy atom. The summed E-state index contributed by atoms with van der Waals surface area (Å²) in [6.45, 7) is 30.5. The van der Waals surface area contributed by atoms with E-state index >= 15 is 0 Å². The molecule has 0 amide bonds. The summed E-state index contributed by atoms with van der Waals surface area (Å²) in [6.07, 6.45) is -5.01. The van der Waals surface area contributed by atoms with E-state index in [-0.39, 0.29) is 89.1 Å². The molecule has 1 aliphatic heterocycles. The molecule has 18 nitrogen and oxygen atoms in total. The average Bonchev–Trinajstić information content (AvgIpc) is 1.72. The molecule has 0 aromatic heterocycles. The number of alkyl halides is 6. The average molecular weight is 1460 g/mol. The Kier molecular flexibility index (Phi) is 29.9. The lowest BCUT2D eigenvalue weighted by molar-refractivity contribution is -0.389. The molecule has 11 atom stereocenters. The second-order valence-corrected chi connectivity index (χ2v) is 31.2. The maximum absolute atomic E-state index is 13.3. The summed E-state index contributed by atoms with van der Waals surface area (Å²) in [5.74, 6) is 0.449. The summed E-state index contributed by atoms with van der Waals surface area (Å²) in [5.41, 5.74) is -5.54. The van der Waals surface area contributed by atoms with Gasteiger partial charge in [-0.05, 0) is 200 Å². The van der Waals surface area contributed by atoms with Gasteiger partial charge in [0.25, 0.3) is 0 Å². The number of carbonyl (C=O) groups excluding carboxylic acids is 7. The fraction of sp³-hybridized carbons (Fsp3) is 0.533. The van der Waals surface area contributed by atoms with Crippen molar-refractivity contribution < 1.29 is 111 Å². The highest BCUT2D eigenvalue weighted by molar-refractivity contribution is 7.97. The SMILES string of the molecule is C=C(C)C(=O)OC(C)C(OC(=O)OC(C)(C)C)(C(F)(F)F)C(F)(F)F.C=C(C)C(=O)OC1(C)CCCC1.C=C(C)C(=O)OC1C2CC3C(=O)OC1C3C2.C=C(C)C(=O)OC1CC2CC1C1CCCC21.C=C(C)C(=O)OCCCS(=O)(=O)[O-].c1ccc([S+](c2ccccc2)c2ccccc2)cc1. The molecule has 556 valence electrons. The van der Waals surface area contributed by atoms with Crippen LogP contribution in [0.4, 0.5) is 31.1 Å². The van der Waals surface area contributed by atoms with E-state index in [2.05, 4.69) is 143 Å². The van der Waals surface area contributed by atoms with Crippen LogP contribution in [0.2, 0.25) is 0 Å². The van der Waals surface area contributed by atoms with Gasteiger partial charge in [-0.15, -0.1) is 0 Å². The van der Waals surface area contributed by atoms with Crippen LogP contribution in [0.15, 0.2) is 166 Å². The van der Waals surface area contributed by atoms with Gasteiger partial charge in [0.1, 0.15) is 29.5 Å². The minimum atomic E-state index is -6.16. The highest BCUT2D eigenvalue weighted by Gasteiger charge is 2.79. The van der Waals surface area contributed by atoms with Crippen molar-refractivity contribution in [2.24, 2.45) is 41.4 Å². The van der Waals surface area contributed by atoms with Gasteiger partial charge in [0.05, 0.1) is 33.5 Å². The number of carbonyl (C=O) groups is 7. The van der Waals surface area contributed by atoms with Gasteiger partial charge in [-0.3, -0.25) is 4.79 Å². The Morgan fingerprint density at radius 3 is 1.50 bits per heavy atom. The summed E-state index contributed by atoms with van der Waals surface area (Å²) in [6, 6.07) is 32.2. The van der Waals surface area contributed by atoms with E-state index in [1.54, 1.807) is 20.8 Å². The van der Waals surface area contributed by atoms with Gasteiger partial charge in [-0.25, -0.2) is 37.2 Å². The van der Waals surface area contributed by atoms with Gasteiger partial charge in [-0.1, -0.05) is 93.9 Å². The number of fused-ring (bicyclic) bond motifs is 6. The minimum Gasteiger partial charge on any atom is -0.748 e. The molecule has 6 aliphatic carbocycles. The van der Waals surface area contributed by atoms with Gasteiger partial charge in [0.15, 0.2) is 20.8 Å². The number of halogens is 6. The smallest absolute Gasteiger partial charge is 0.510 e. The van der Waals surface area contributed by atoms with Crippen molar-refractivity contribution in [3.63, 3.8) is 0 Å². The van der Waals surface area contributed by atoms with Crippen LogP contribution in [0.25, 0.3) is 0 Å². The van der Waals surface area contributed by atoms with Crippen LogP contribution in [0.5, 0.6) is 0 Å². The Balaban J connectivity index is 0.000000222. The van der Waals surface area contributed by atoms with Crippen molar-refractivity contribution >= 4 is 63.0 Å². The van der Waals surface area contributed by atoms with Crippen molar-refractivity contribution in [3.8, 4) is 0 Å². The highest BCUT2D eigenvalue weighted by Crippen LogP contribution is 2.60. The zero-order valence-corrected chi connectivity index (χ0v) is 60.5. The Bertz CT molecular complexity index is 3440. The Morgan fingerprint density at radius 2 is 1.06 bits per heavy atom. The topological polar surface area (TPSA) is 251 Å². The number of ether oxygens (including phenoxy) is 8. The van der Waals surface area contributed by atoms with Crippen molar-refractivity contribution in [3.05, 3.63) is 152 Å². The summed E-state index contributed by atoms with van der Waals surface area (Å²) >= 11 is 0. The predicted octanol–water partition coefficient (Wildman–Crippen LogP) is 15.6. The summed E-state index contributed by atoms with van der Waals surface area (Å²) in [7, 11) is -4.22. The van der Waals surface area contributed by atoms with Gasteiger partial charge >= 0.3 is 59.9 Å². The number of rotatable bonds is 18. The van der Waals surface area contributed by atoms with Crippen LogP contribution in [-0.2, 0) is 87.7 Å². The van der Waals surface area contributed by atoms with Crippen molar-refractivity contribution in [1.82, 2.24) is 0 Å². The number of benzene rings is 3. The fourth-order valence-electron chi connectivity index (χ4n) is 13.4. The lowest BCUT2D eigenvalue weighted by atomic mass is 9.80. The van der Waals surface area contributed by atoms with E-state index in [1.807, 2.05) is 6.92 Å². The summed E-state index contributed by atoms with van der Waals surface area (Å²) in [5, 5.41) is 0. The monoisotopic (exact) mass is 1460 g/mol. The zero-order valence-electron chi connectivity index (χ0n) is 58.9. The molecule has 3 aromatic rings. The maximum atomic E-state index is 13.3. The standard InChI is InChI=1S/C18H15S.C14H18F6O5.C14H20O2.C12H14O4.C10H16O2.C7H12O5S/c1-4-10-16(11-5-1)19(17-12-6-2-7-13-17)18-14-8-3-9-15-18;1-7(2)9(21)23-8(3)12(13(15,16)17,14(18,19)20)25-10(22)24-11(4,5)6;1-8(2)14(15)16-13-7-9-6-12(13)11-5-3-4-10(9)11;1-5(2)11(13)15-9-6-3-7-8(4-6)12(14)16-10(7)9;1-8(2)9(11)12-10(3)6-4-5-7-10;1-6(2)7(8)12-4-3-5-13(9,10)11/h1-15H;8H,1H2,2-6H3;9-13H,1,3-7H2,2H3;6-10H,1,3-4H2,2H3;1,4-7H2,2-3H3;1,3-5H2,2H3,(H,9,10,11)/q+1;;;;;/p-1. The maximum Gasteiger partial charge on any atom is 0.510 e. The van der Waals surface area contributed by atoms with E-state index in [0.29, 0.717) is 35.5 Å². The first kappa shape index (κ1) is 83.9. The number of esters is 6. The second kappa shape index (κ2) is 35.9. The summed E-state index contributed by atoms with van der Waals surface area (Å²) < 4.78 is 148. The van der Waals surface area contributed by atoms with E-state index in [9.17, 15) is 72.9 Å². The fourth-order valence-corrected chi connectivity index (χ4v) is 15.9. The molecule has 3 aromatic carbocycles. The third kappa shape index (κ3) is 23.7. The third-order valence-corrected chi connectivity index (χ3v) is 21.1. The molecule has 1 heterocycles. The van der Waals surface area contributed by atoms with Crippen molar-refractivity contribution in [1.29, 1.82) is 0 Å². The normalized spacial score (nSPS) is 23.3. The molecule has 0 radical (unpaired) electrons. The molecule has 7 aliphatic rings. The molecule has 7 fully saturated rings. The highest BCUT2D eigenvalue weighted by atomic mass is 32.2. The summed E-state index contributed by atoms with van der Waals surface area (Å²) in [4.78, 5) is 83.3. The Labute approximate surface area is 591 Å². The van der Waals surface area contributed by atoms with E-state index < -0.39 is 69.2 Å². The minimum absolute atomic E-state index is 0.0146. The molecule has 26 heteroatoms. The molecule has 101 heavy (non-hydrogen) atoms. The van der Waals surface area contributed by atoms with E-state index in [1.165, 1.54) is 80.9 Å². The van der Waals surface area contributed by atoms with Crippen molar-refractivity contribution in [2.45, 2.75) is 215 Å². The lowest BCUT2D eigenvalue weighted by Crippen LogP contribution is -2.66. The molecule has 0 spiro atoms. The number of hydrogen-bond donors (Lipinski definition) is 0. The van der Waals surface area contributed by atoms with Crippen LogP contribution >= 0.6 is 0 Å². The molecule has 0 N–H and O–H groups in total. The second-order valence-electron chi connectivity index (χ2n) is 27.7. The zero-order chi connectivity index (χ0) is 75.8. The first-order valence-electron chi connectivity index (χ1n) is 33.3. The molecule has 4 bridgehead atoms. The molecule has 10 rings (SSSR count). The van der Waals surface area contributed by atoms with E-state index in [4.69, 9.17) is 18.9 Å². The quantitative estimate of drug-likeness (QED) is 0.0218. The largest absolute Gasteiger partial charge is 0.748 e. The molecule has 11 unspecified atom stereocenters. The molecule has 1 saturated heterocycles. The van der Waals surface area contributed by atoms with Gasteiger partial charge in [-0.2, -0.15) is 26.3 Å². The van der Waals surface area contributed by atoms with Crippen LogP contribution in [0, 0.1) is 41.4 Å². The van der Waals surface area contributed by atoms with E-state index in [0.717, 1.165) is 56.8 Å². The Hall–Kier alpha value is -7.71. The van der Waals surface area contributed by atoms with Gasteiger partial charge < -0.3 is 42.4 Å². The van der Waals surface area contributed by atoms with Crippen LogP contribution in [0.3, 0.4) is 0 Å². The van der Waals surface area contributed by atoms with Gasteiger partial charge in [0.2, 0.25) is 0 Å². The molecular formula is C75H94F6O18S2. The van der Waals surface area contributed by atoms with Gasteiger partial charge in [0, 0.05) is 45.5 Å². The first-order valence-corrected chi connectivity index (χ1v) is 36.1. The van der Waals surface area contributed by atoms with Crippen LogP contribution in [0.1, 0.15) is 146 Å². The van der Waals surface area contributed by atoms with Crippen LogP contribution < -0.4 is 0 Å². The first-order chi connectivity index (χ1) is 46.9. The predicted molar refractivity (Wildman–Crippen MR) is 363 cm³/mol. The van der Waals surface area contributed by atoms with Crippen LogP contribution in [-0.4, -0.2) is 121 Å². The molecule has 6 saturated carbocycles. The van der Waals surface area contributed by atoms with Crippen molar-refractivity contribution in [2.75, 3.05) is 12.4 Å².